The zero-order chi connectivity index (χ0) is 22.6. The fourth-order valence-electron chi connectivity index (χ4n) is 4.52. The van der Waals surface area contributed by atoms with Crippen LogP contribution in [0.1, 0.15) is 57.4 Å². The molecule has 32 heavy (non-hydrogen) atoms. The predicted molar refractivity (Wildman–Crippen MR) is 125 cm³/mol. The van der Waals surface area contributed by atoms with E-state index < -0.39 is 15.4 Å². The summed E-state index contributed by atoms with van der Waals surface area (Å²) in [6.07, 6.45) is 7.91. The molecule has 172 valence electrons. The number of anilines is 1. The van der Waals surface area contributed by atoms with Gasteiger partial charge in [0.2, 0.25) is 5.91 Å². The zero-order valence-electron chi connectivity index (χ0n) is 18.6. The van der Waals surface area contributed by atoms with E-state index in [1.54, 1.807) is 24.3 Å². The van der Waals surface area contributed by atoms with Crippen LogP contribution in [-0.2, 0) is 20.2 Å². The van der Waals surface area contributed by atoms with Gasteiger partial charge in [-0.3, -0.25) is 9.52 Å². The van der Waals surface area contributed by atoms with E-state index in [1.165, 1.54) is 44.2 Å². The largest absolute Gasteiger partial charge is 0.494 e. The van der Waals surface area contributed by atoms with Crippen LogP contribution < -0.4 is 14.8 Å². The summed E-state index contributed by atoms with van der Waals surface area (Å²) < 4.78 is 33.4. The minimum Gasteiger partial charge on any atom is -0.494 e. The highest BCUT2D eigenvalue weighted by Gasteiger charge is 2.51. The Morgan fingerprint density at radius 3 is 2.25 bits per heavy atom. The number of nitrogens with one attached hydrogen (secondary N) is 2. The van der Waals surface area contributed by atoms with Gasteiger partial charge in [-0.2, -0.15) is 0 Å². The molecule has 2 aliphatic rings. The number of hydrogen-bond acceptors (Lipinski definition) is 4. The molecule has 1 amide bonds. The first kappa shape index (κ1) is 22.6. The molecule has 0 spiro atoms. The maximum absolute atomic E-state index is 12.9. The van der Waals surface area contributed by atoms with Gasteiger partial charge in [-0.1, -0.05) is 31.4 Å². The van der Waals surface area contributed by atoms with Gasteiger partial charge in [0.05, 0.1) is 16.9 Å². The third-order valence-corrected chi connectivity index (χ3v) is 7.99. The maximum atomic E-state index is 12.9. The third kappa shape index (κ3) is 5.09. The summed E-state index contributed by atoms with van der Waals surface area (Å²) in [6, 6.07) is 13.5. The summed E-state index contributed by atoms with van der Waals surface area (Å²) in [5.41, 5.74) is 0.963. The van der Waals surface area contributed by atoms with Gasteiger partial charge in [0.25, 0.3) is 10.0 Å². The fraction of sp³-hybridized carbons (Fsp3) is 0.480. The molecule has 2 saturated carbocycles. The highest BCUT2D eigenvalue weighted by atomic mass is 32.2. The molecule has 0 atom stereocenters. The maximum Gasteiger partial charge on any atom is 0.261 e. The monoisotopic (exact) mass is 456 g/mol. The molecule has 0 heterocycles. The Morgan fingerprint density at radius 1 is 1.00 bits per heavy atom. The summed E-state index contributed by atoms with van der Waals surface area (Å²) in [7, 11) is -3.70. The van der Waals surface area contributed by atoms with Crippen molar-refractivity contribution in [2.75, 3.05) is 17.9 Å². The molecule has 2 aliphatic carbocycles. The Balaban J connectivity index is 1.38. The summed E-state index contributed by atoms with van der Waals surface area (Å²) in [5, 5.41) is 3.18. The second kappa shape index (κ2) is 9.53. The van der Waals surface area contributed by atoms with Gasteiger partial charge < -0.3 is 10.1 Å². The van der Waals surface area contributed by atoms with Crippen molar-refractivity contribution in [1.82, 2.24) is 5.32 Å². The third-order valence-electron chi connectivity index (χ3n) is 6.60. The van der Waals surface area contributed by atoms with Crippen LogP contribution in [0, 0.1) is 5.92 Å². The molecule has 0 saturated heterocycles. The molecule has 6 nitrogen and oxygen atoms in total. The molecule has 0 bridgehead atoms. The highest BCUT2D eigenvalue weighted by Crippen LogP contribution is 2.48. The summed E-state index contributed by atoms with van der Waals surface area (Å²) in [4.78, 5) is 13.1. The van der Waals surface area contributed by atoms with Gasteiger partial charge in [0, 0.05) is 12.2 Å². The number of benzene rings is 2. The van der Waals surface area contributed by atoms with Crippen LogP contribution in [0.4, 0.5) is 5.69 Å². The molecule has 2 aromatic carbocycles. The normalized spacial score (nSPS) is 18.0. The van der Waals surface area contributed by atoms with Crippen molar-refractivity contribution in [3.63, 3.8) is 0 Å². The summed E-state index contributed by atoms with van der Waals surface area (Å²) in [5.74, 6) is 1.33. The Hall–Kier alpha value is -2.54. The highest BCUT2D eigenvalue weighted by molar-refractivity contribution is 7.92. The first-order valence-corrected chi connectivity index (χ1v) is 13.1. The molecule has 0 unspecified atom stereocenters. The molecule has 2 N–H and O–H groups in total. The van der Waals surface area contributed by atoms with Crippen LogP contribution in [0.3, 0.4) is 0 Å². The lowest BCUT2D eigenvalue weighted by Gasteiger charge is -2.23. The minimum absolute atomic E-state index is 0.103. The van der Waals surface area contributed by atoms with Crippen LogP contribution >= 0.6 is 0 Å². The molecule has 2 aromatic rings. The van der Waals surface area contributed by atoms with E-state index in [2.05, 4.69) is 10.0 Å². The first-order valence-electron chi connectivity index (χ1n) is 11.6. The second-order valence-corrected chi connectivity index (χ2v) is 10.6. The number of rotatable bonds is 9. The van der Waals surface area contributed by atoms with Crippen molar-refractivity contribution in [1.29, 1.82) is 0 Å². The van der Waals surface area contributed by atoms with Crippen molar-refractivity contribution in [2.24, 2.45) is 5.92 Å². The topological polar surface area (TPSA) is 84.5 Å². The molecular formula is C25H32N2O4S. The zero-order valence-corrected chi connectivity index (χ0v) is 19.4. The lowest BCUT2D eigenvalue weighted by atomic mass is 9.88. The number of carbonyl (C=O) groups is 1. The minimum atomic E-state index is -3.70. The first-order chi connectivity index (χ1) is 15.4. The van der Waals surface area contributed by atoms with E-state index in [0.29, 0.717) is 24.0 Å². The average molecular weight is 457 g/mol. The number of sulfonamides is 1. The van der Waals surface area contributed by atoms with Gasteiger partial charge in [-0.25, -0.2) is 8.42 Å². The second-order valence-electron chi connectivity index (χ2n) is 8.88. The van der Waals surface area contributed by atoms with Gasteiger partial charge in [-0.05, 0) is 80.5 Å². The van der Waals surface area contributed by atoms with Crippen LogP contribution in [-0.4, -0.2) is 27.5 Å². The number of amides is 1. The van der Waals surface area contributed by atoms with Crippen LogP contribution in [0.5, 0.6) is 5.75 Å². The van der Waals surface area contributed by atoms with Crippen LogP contribution in [0.15, 0.2) is 53.4 Å². The smallest absolute Gasteiger partial charge is 0.261 e. The predicted octanol–water partition coefficient (Wildman–Crippen LogP) is 4.61. The van der Waals surface area contributed by atoms with Gasteiger partial charge in [0.1, 0.15) is 5.75 Å². The molecule has 7 heteroatoms. The number of hydrogen-bond donors (Lipinski definition) is 2. The SMILES string of the molecule is CCOc1ccc(S(=O)(=O)Nc2ccc(C3(C(=O)NCC4CCCCC4)CC3)cc2)cc1. The summed E-state index contributed by atoms with van der Waals surface area (Å²) in [6.45, 7) is 3.17. The van der Waals surface area contributed by atoms with E-state index in [4.69, 9.17) is 4.74 Å². The van der Waals surface area contributed by atoms with Crippen LogP contribution in [0.25, 0.3) is 0 Å². The van der Waals surface area contributed by atoms with Gasteiger partial charge in [-0.15, -0.1) is 0 Å². The molecule has 0 aliphatic heterocycles. The standard InChI is InChI=1S/C25H32N2O4S/c1-2-31-22-12-14-23(15-13-22)32(29,30)27-21-10-8-20(9-11-21)25(16-17-25)24(28)26-18-19-6-4-3-5-7-19/h8-15,19,27H,2-7,16-18H2,1H3,(H,26,28). The molecule has 2 fully saturated rings. The molecule has 4 rings (SSSR count). The van der Waals surface area contributed by atoms with Crippen molar-refractivity contribution >= 4 is 21.6 Å². The quantitative estimate of drug-likeness (QED) is 0.577. The lowest BCUT2D eigenvalue weighted by Crippen LogP contribution is -2.38. The Kier molecular flexibility index (Phi) is 6.74. The Labute approximate surface area is 190 Å². The van der Waals surface area contributed by atoms with E-state index in [-0.39, 0.29) is 10.8 Å². The van der Waals surface area contributed by atoms with E-state index in [1.807, 2.05) is 19.1 Å². The number of ether oxygens (including phenoxy) is 1. The lowest BCUT2D eigenvalue weighted by molar-refractivity contribution is -0.123. The summed E-state index contributed by atoms with van der Waals surface area (Å²) >= 11 is 0. The van der Waals surface area contributed by atoms with Crippen molar-refractivity contribution < 1.29 is 17.9 Å². The van der Waals surface area contributed by atoms with Crippen LogP contribution in [0.2, 0.25) is 0 Å². The fourth-order valence-corrected chi connectivity index (χ4v) is 5.58. The van der Waals surface area contributed by atoms with Crippen molar-refractivity contribution in [3.05, 3.63) is 54.1 Å². The Morgan fingerprint density at radius 2 is 1.66 bits per heavy atom. The van der Waals surface area contributed by atoms with Gasteiger partial charge in [0.15, 0.2) is 0 Å². The molecule has 0 radical (unpaired) electrons. The van der Waals surface area contributed by atoms with Crippen molar-refractivity contribution in [3.8, 4) is 5.75 Å². The van der Waals surface area contributed by atoms with Gasteiger partial charge >= 0.3 is 0 Å². The molecular weight excluding hydrogens is 424 g/mol. The Bertz CT molecular complexity index is 1020. The van der Waals surface area contributed by atoms with E-state index >= 15 is 0 Å². The average Bonchev–Trinajstić information content (AvgIpc) is 3.61. The van der Waals surface area contributed by atoms with E-state index in [9.17, 15) is 13.2 Å². The molecule has 0 aromatic heterocycles. The van der Waals surface area contributed by atoms with Crippen molar-refractivity contribution in [2.45, 2.75) is 62.2 Å². The van der Waals surface area contributed by atoms with E-state index in [0.717, 1.165) is 24.9 Å². The number of carbonyl (C=O) groups excluding carboxylic acids is 1.